The number of para-hydroxylation sites is 1. The van der Waals surface area contributed by atoms with Crippen molar-refractivity contribution >= 4 is 0 Å². The van der Waals surface area contributed by atoms with Gasteiger partial charge >= 0.3 is 6.61 Å². The fourth-order valence-corrected chi connectivity index (χ4v) is 1.69. The Morgan fingerprint density at radius 3 is 2.58 bits per heavy atom. The molecule has 0 aliphatic carbocycles. The lowest BCUT2D eigenvalue weighted by Gasteiger charge is -2.16. The van der Waals surface area contributed by atoms with Crippen LogP contribution in [-0.4, -0.2) is 19.8 Å². The van der Waals surface area contributed by atoms with Crippen LogP contribution in [0.5, 0.6) is 11.5 Å². The molecular formula is C14H21F2NO2. The number of alkyl halides is 2. The molecule has 108 valence electrons. The third-order valence-corrected chi connectivity index (χ3v) is 2.44. The summed E-state index contributed by atoms with van der Waals surface area (Å²) in [7, 11) is 0. The lowest BCUT2D eigenvalue weighted by Crippen LogP contribution is -2.20. The van der Waals surface area contributed by atoms with E-state index in [9.17, 15) is 8.78 Å². The topological polar surface area (TPSA) is 30.5 Å². The number of nitrogens with one attached hydrogen (secondary N) is 1. The van der Waals surface area contributed by atoms with Crippen molar-refractivity contribution in [1.82, 2.24) is 5.32 Å². The highest BCUT2D eigenvalue weighted by molar-refractivity contribution is 5.46. The Kier molecular flexibility index (Phi) is 6.56. The maximum Gasteiger partial charge on any atom is 0.387 e. The molecule has 19 heavy (non-hydrogen) atoms. The van der Waals surface area contributed by atoms with Crippen molar-refractivity contribution in [2.45, 2.75) is 33.9 Å². The fourth-order valence-electron chi connectivity index (χ4n) is 1.69. The lowest BCUT2D eigenvalue weighted by atomic mass is 10.1. The Morgan fingerprint density at radius 1 is 1.26 bits per heavy atom. The van der Waals surface area contributed by atoms with Crippen molar-refractivity contribution in [3.8, 4) is 11.5 Å². The summed E-state index contributed by atoms with van der Waals surface area (Å²) in [4.78, 5) is 0. The standard InChI is InChI=1S/C14H21F2NO2/c1-4-18-12-7-5-6-11(9-17-8-10(2)3)13(12)19-14(15)16/h5-7,10,14,17H,4,8-9H2,1-3H3. The van der Waals surface area contributed by atoms with Crippen molar-refractivity contribution in [3.63, 3.8) is 0 Å². The van der Waals surface area contributed by atoms with Crippen LogP contribution in [0.3, 0.4) is 0 Å². The zero-order valence-electron chi connectivity index (χ0n) is 11.6. The van der Waals surface area contributed by atoms with Gasteiger partial charge in [0, 0.05) is 12.1 Å². The molecule has 0 atom stereocenters. The molecule has 0 aliphatic rings. The molecule has 0 radical (unpaired) electrons. The largest absolute Gasteiger partial charge is 0.490 e. The summed E-state index contributed by atoms with van der Waals surface area (Å²) in [5.74, 6) is 0.969. The van der Waals surface area contributed by atoms with E-state index in [1.807, 2.05) is 0 Å². The van der Waals surface area contributed by atoms with E-state index in [2.05, 4.69) is 23.9 Å². The predicted molar refractivity (Wildman–Crippen MR) is 70.8 cm³/mol. The molecule has 0 aliphatic heterocycles. The molecule has 0 bridgehead atoms. The number of benzene rings is 1. The van der Waals surface area contributed by atoms with Gasteiger partial charge in [-0.1, -0.05) is 26.0 Å². The van der Waals surface area contributed by atoms with E-state index in [4.69, 9.17) is 4.74 Å². The number of halogens is 2. The van der Waals surface area contributed by atoms with Crippen LogP contribution in [-0.2, 0) is 6.54 Å². The van der Waals surface area contributed by atoms with Crippen LogP contribution in [0, 0.1) is 5.92 Å². The molecule has 1 N–H and O–H groups in total. The molecule has 0 saturated heterocycles. The van der Waals surface area contributed by atoms with Gasteiger partial charge in [-0.3, -0.25) is 0 Å². The van der Waals surface area contributed by atoms with Crippen LogP contribution in [0.4, 0.5) is 8.78 Å². The van der Waals surface area contributed by atoms with Gasteiger partial charge in [0.2, 0.25) is 0 Å². The van der Waals surface area contributed by atoms with E-state index in [0.717, 1.165) is 6.54 Å². The number of rotatable bonds is 8. The van der Waals surface area contributed by atoms with Crippen molar-refractivity contribution in [2.24, 2.45) is 5.92 Å². The molecule has 5 heteroatoms. The maximum absolute atomic E-state index is 12.5. The van der Waals surface area contributed by atoms with Crippen LogP contribution in [0.25, 0.3) is 0 Å². The Labute approximate surface area is 112 Å². The smallest absolute Gasteiger partial charge is 0.387 e. The van der Waals surface area contributed by atoms with E-state index in [-0.39, 0.29) is 5.75 Å². The third kappa shape index (κ3) is 5.42. The second kappa shape index (κ2) is 7.94. The van der Waals surface area contributed by atoms with Gasteiger partial charge in [-0.25, -0.2) is 0 Å². The van der Waals surface area contributed by atoms with E-state index in [1.165, 1.54) is 0 Å². The molecule has 1 aromatic carbocycles. The van der Waals surface area contributed by atoms with Crippen LogP contribution < -0.4 is 14.8 Å². The quantitative estimate of drug-likeness (QED) is 0.787. The highest BCUT2D eigenvalue weighted by atomic mass is 19.3. The van der Waals surface area contributed by atoms with Gasteiger partial charge in [0.1, 0.15) is 0 Å². The van der Waals surface area contributed by atoms with Crippen molar-refractivity contribution in [3.05, 3.63) is 23.8 Å². The third-order valence-electron chi connectivity index (χ3n) is 2.44. The molecule has 0 aromatic heterocycles. The maximum atomic E-state index is 12.5. The first-order chi connectivity index (χ1) is 9.04. The molecule has 0 spiro atoms. The fraction of sp³-hybridized carbons (Fsp3) is 0.571. The average molecular weight is 273 g/mol. The molecule has 3 nitrogen and oxygen atoms in total. The van der Waals surface area contributed by atoms with Gasteiger partial charge in [0.05, 0.1) is 6.61 Å². The summed E-state index contributed by atoms with van der Waals surface area (Å²) in [5.41, 5.74) is 0.673. The number of hydrogen-bond donors (Lipinski definition) is 1. The highest BCUT2D eigenvalue weighted by Crippen LogP contribution is 2.32. The van der Waals surface area contributed by atoms with Crippen LogP contribution in [0.2, 0.25) is 0 Å². The van der Waals surface area contributed by atoms with Gasteiger partial charge in [0.15, 0.2) is 11.5 Å². The summed E-state index contributed by atoms with van der Waals surface area (Å²) >= 11 is 0. The molecule has 0 unspecified atom stereocenters. The van der Waals surface area contributed by atoms with E-state index < -0.39 is 6.61 Å². The van der Waals surface area contributed by atoms with Crippen LogP contribution in [0.1, 0.15) is 26.3 Å². The zero-order chi connectivity index (χ0) is 14.3. The first kappa shape index (κ1) is 15.7. The summed E-state index contributed by atoms with van der Waals surface area (Å²) < 4.78 is 34.9. The van der Waals surface area contributed by atoms with E-state index >= 15 is 0 Å². The highest BCUT2D eigenvalue weighted by Gasteiger charge is 2.15. The van der Waals surface area contributed by atoms with E-state index in [1.54, 1.807) is 25.1 Å². The first-order valence-electron chi connectivity index (χ1n) is 6.44. The SMILES string of the molecule is CCOc1cccc(CNCC(C)C)c1OC(F)F. The minimum atomic E-state index is -2.86. The molecule has 0 amide bonds. The van der Waals surface area contributed by atoms with Crippen LogP contribution >= 0.6 is 0 Å². The Morgan fingerprint density at radius 2 is 2.00 bits per heavy atom. The van der Waals surface area contributed by atoms with Gasteiger partial charge in [-0.05, 0) is 25.5 Å². The first-order valence-corrected chi connectivity index (χ1v) is 6.44. The van der Waals surface area contributed by atoms with Crippen molar-refractivity contribution in [1.29, 1.82) is 0 Å². The van der Waals surface area contributed by atoms with Gasteiger partial charge < -0.3 is 14.8 Å². The molecule has 1 rings (SSSR count). The Hall–Kier alpha value is -1.36. The molecule has 0 saturated carbocycles. The molecular weight excluding hydrogens is 252 g/mol. The second-order valence-electron chi connectivity index (χ2n) is 4.58. The monoisotopic (exact) mass is 273 g/mol. The second-order valence-corrected chi connectivity index (χ2v) is 4.58. The van der Waals surface area contributed by atoms with Crippen LogP contribution in [0.15, 0.2) is 18.2 Å². The Balaban J connectivity index is 2.84. The van der Waals surface area contributed by atoms with Crippen molar-refractivity contribution in [2.75, 3.05) is 13.2 Å². The molecule has 1 aromatic rings. The molecule has 0 heterocycles. The average Bonchev–Trinajstić information content (AvgIpc) is 2.32. The number of hydrogen-bond acceptors (Lipinski definition) is 3. The van der Waals surface area contributed by atoms with Gasteiger partial charge in [-0.2, -0.15) is 8.78 Å². The summed E-state index contributed by atoms with van der Waals surface area (Å²) in [6.45, 7) is 4.80. The van der Waals surface area contributed by atoms with Gasteiger partial charge in [0.25, 0.3) is 0 Å². The minimum Gasteiger partial charge on any atom is -0.490 e. The molecule has 0 fully saturated rings. The lowest BCUT2D eigenvalue weighted by molar-refractivity contribution is -0.0521. The predicted octanol–water partition coefficient (Wildman–Crippen LogP) is 3.43. The van der Waals surface area contributed by atoms with Gasteiger partial charge in [-0.15, -0.1) is 0 Å². The summed E-state index contributed by atoms with van der Waals surface area (Å²) in [6.07, 6.45) is 0. The number of ether oxygens (including phenoxy) is 2. The Bertz CT molecular complexity index is 384. The van der Waals surface area contributed by atoms with Crippen molar-refractivity contribution < 1.29 is 18.3 Å². The normalized spacial score (nSPS) is 11.1. The zero-order valence-corrected chi connectivity index (χ0v) is 11.6. The summed E-state index contributed by atoms with van der Waals surface area (Å²) in [6, 6.07) is 5.16. The summed E-state index contributed by atoms with van der Waals surface area (Å²) in [5, 5.41) is 3.20. The minimum absolute atomic E-state index is 0.121. The van der Waals surface area contributed by atoms with E-state index in [0.29, 0.717) is 30.4 Å².